The van der Waals surface area contributed by atoms with Crippen LogP contribution >= 0.6 is 0 Å². The second-order valence-corrected chi connectivity index (χ2v) is 3.08. The zero-order valence-corrected chi connectivity index (χ0v) is 8.69. The number of benzene rings is 1. The highest BCUT2D eigenvalue weighted by Crippen LogP contribution is 2.30. The normalized spacial score (nSPS) is 12.6. The van der Waals surface area contributed by atoms with E-state index in [1.807, 2.05) is 0 Å². The number of hydrogen-bond donors (Lipinski definition) is 2. The summed E-state index contributed by atoms with van der Waals surface area (Å²) in [4.78, 5) is 0. The van der Waals surface area contributed by atoms with Crippen LogP contribution < -0.4 is 15.2 Å². The predicted molar refractivity (Wildman–Crippen MR) is 53.6 cm³/mol. The molecule has 1 aromatic rings. The van der Waals surface area contributed by atoms with E-state index in [-0.39, 0.29) is 18.1 Å². The molecule has 0 bridgehead atoms. The summed E-state index contributed by atoms with van der Waals surface area (Å²) in [5.74, 6) is 0.0908. The van der Waals surface area contributed by atoms with E-state index in [0.717, 1.165) is 0 Å². The van der Waals surface area contributed by atoms with Crippen molar-refractivity contribution < 1.29 is 23.4 Å². The third kappa shape index (κ3) is 3.04. The van der Waals surface area contributed by atoms with Crippen molar-refractivity contribution in [3.63, 3.8) is 0 Å². The van der Waals surface area contributed by atoms with Crippen LogP contribution in [0.2, 0.25) is 0 Å². The molecule has 0 heterocycles. The van der Waals surface area contributed by atoms with Crippen molar-refractivity contribution in [3.05, 3.63) is 23.8 Å². The second kappa shape index (κ2) is 5.62. The molecule has 1 aromatic carbocycles. The number of nitrogens with two attached hydrogens (primary N) is 1. The summed E-state index contributed by atoms with van der Waals surface area (Å²) >= 11 is 0. The molecular weight excluding hydrogens is 220 g/mol. The molecule has 3 N–H and O–H groups in total. The number of hydrogen-bond acceptors (Lipinski definition) is 4. The summed E-state index contributed by atoms with van der Waals surface area (Å²) in [6, 6.07) is 3.73. The van der Waals surface area contributed by atoms with Crippen molar-refractivity contribution >= 4 is 0 Å². The molecular formula is C10H13F2NO3. The molecule has 0 spiro atoms. The first-order valence-electron chi connectivity index (χ1n) is 4.57. The topological polar surface area (TPSA) is 64.7 Å². The fourth-order valence-electron chi connectivity index (χ4n) is 1.22. The Morgan fingerprint density at radius 3 is 2.56 bits per heavy atom. The Labute approximate surface area is 91.6 Å². The summed E-state index contributed by atoms with van der Waals surface area (Å²) < 4.78 is 33.3. The molecule has 0 aliphatic rings. The Hall–Kier alpha value is -1.40. The van der Waals surface area contributed by atoms with Crippen molar-refractivity contribution in [1.82, 2.24) is 0 Å². The average Bonchev–Trinajstić information content (AvgIpc) is 2.27. The van der Waals surface area contributed by atoms with E-state index in [9.17, 15) is 8.78 Å². The molecule has 1 rings (SSSR count). The number of methoxy groups -OCH3 is 1. The van der Waals surface area contributed by atoms with Gasteiger partial charge in [0.2, 0.25) is 0 Å². The van der Waals surface area contributed by atoms with E-state index in [0.29, 0.717) is 5.56 Å². The molecule has 0 saturated heterocycles. The molecule has 6 heteroatoms. The van der Waals surface area contributed by atoms with Gasteiger partial charge >= 0.3 is 6.61 Å². The molecule has 0 fully saturated rings. The van der Waals surface area contributed by atoms with Gasteiger partial charge in [-0.25, -0.2) is 0 Å². The van der Waals surface area contributed by atoms with Gasteiger partial charge in [0.25, 0.3) is 0 Å². The Kier molecular flexibility index (Phi) is 4.45. The largest absolute Gasteiger partial charge is 0.493 e. The summed E-state index contributed by atoms with van der Waals surface area (Å²) in [5.41, 5.74) is 6.05. The van der Waals surface area contributed by atoms with Gasteiger partial charge < -0.3 is 20.3 Å². The van der Waals surface area contributed by atoms with Gasteiger partial charge in [0, 0.05) is 0 Å². The molecule has 90 valence electrons. The van der Waals surface area contributed by atoms with Gasteiger partial charge in [-0.1, -0.05) is 6.07 Å². The van der Waals surface area contributed by atoms with Crippen LogP contribution in [0.15, 0.2) is 18.2 Å². The number of ether oxygens (including phenoxy) is 2. The lowest BCUT2D eigenvalue weighted by molar-refractivity contribution is -0.0512. The smallest absolute Gasteiger partial charge is 0.387 e. The summed E-state index contributed by atoms with van der Waals surface area (Å²) in [6.45, 7) is -3.21. The third-order valence-corrected chi connectivity index (χ3v) is 2.03. The van der Waals surface area contributed by atoms with Crippen molar-refractivity contribution in [1.29, 1.82) is 0 Å². The lowest BCUT2D eigenvalue weighted by Gasteiger charge is -2.14. The number of rotatable bonds is 5. The van der Waals surface area contributed by atoms with Crippen LogP contribution in [0, 0.1) is 0 Å². The first-order valence-corrected chi connectivity index (χ1v) is 4.57. The molecule has 4 nitrogen and oxygen atoms in total. The van der Waals surface area contributed by atoms with Crippen molar-refractivity contribution in [2.45, 2.75) is 12.7 Å². The van der Waals surface area contributed by atoms with E-state index < -0.39 is 12.7 Å². The first kappa shape index (κ1) is 12.7. The van der Waals surface area contributed by atoms with Crippen LogP contribution in [0.4, 0.5) is 8.78 Å². The molecule has 0 unspecified atom stereocenters. The standard InChI is InChI=1S/C10H13F2NO3/c1-15-8-3-2-6(7(13)5-14)4-9(8)16-10(11)12/h2-4,7,10,14H,5,13H2,1H3/t7-/m0/s1. The average molecular weight is 233 g/mol. The van der Waals surface area contributed by atoms with Crippen LogP contribution in [0.1, 0.15) is 11.6 Å². The maximum atomic E-state index is 12.1. The molecule has 0 aliphatic carbocycles. The van der Waals surface area contributed by atoms with Crippen LogP contribution in [0.25, 0.3) is 0 Å². The highest BCUT2D eigenvalue weighted by molar-refractivity contribution is 5.43. The summed E-state index contributed by atoms with van der Waals surface area (Å²) in [7, 11) is 1.35. The second-order valence-electron chi connectivity index (χ2n) is 3.08. The highest BCUT2D eigenvalue weighted by Gasteiger charge is 2.13. The van der Waals surface area contributed by atoms with Crippen LogP contribution in [0.3, 0.4) is 0 Å². The SMILES string of the molecule is COc1ccc([C@@H](N)CO)cc1OC(F)F. The molecule has 0 radical (unpaired) electrons. The van der Waals surface area contributed by atoms with Crippen LogP contribution in [0.5, 0.6) is 11.5 Å². The zero-order valence-electron chi connectivity index (χ0n) is 8.69. The minimum absolute atomic E-state index is 0.0982. The Morgan fingerprint density at radius 2 is 2.06 bits per heavy atom. The van der Waals surface area contributed by atoms with Gasteiger partial charge in [-0.05, 0) is 17.7 Å². The molecule has 1 atom stereocenters. The lowest BCUT2D eigenvalue weighted by atomic mass is 10.1. The minimum atomic E-state index is -2.94. The Morgan fingerprint density at radius 1 is 1.38 bits per heavy atom. The van der Waals surface area contributed by atoms with Crippen molar-refractivity contribution in [3.8, 4) is 11.5 Å². The maximum absolute atomic E-state index is 12.1. The van der Waals surface area contributed by atoms with Gasteiger partial charge in [0.1, 0.15) is 0 Å². The summed E-state index contributed by atoms with van der Waals surface area (Å²) in [6.07, 6.45) is 0. The fourth-order valence-corrected chi connectivity index (χ4v) is 1.22. The minimum Gasteiger partial charge on any atom is -0.493 e. The van der Waals surface area contributed by atoms with Gasteiger partial charge in [0.15, 0.2) is 11.5 Å². The van der Waals surface area contributed by atoms with Gasteiger partial charge in [-0.15, -0.1) is 0 Å². The van der Waals surface area contributed by atoms with Crippen LogP contribution in [-0.4, -0.2) is 25.4 Å². The monoisotopic (exact) mass is 233 g/mol. The molecule has 0 saturated carbocycles. The lowest BCUT2D eigenvalue weighted by Crippen LogP contribution is -2.15. The van der Waals surface area contributed by atoms with E-state index in [4.69, 9.17) is 15.6 Å². The van der Waals surface area contributed by atoms with E-state index in [1.54, 1.807) is 6.07 Å². The first-order chi connectivity index (χ1) is 7.58. The Bertz CT molecular complexity index is 347. The number of alkyl halides is 2. The molecule has 0 aromatic heterocycles. The van der Waals surface area contributed by atoms with Gasteiger partial charge in [-0.2, -0.15) is 8.78 Å². The zero-order chi connectivity index (χ0) is 12.1. The van der Waals surface area contributed by atoms with Crippen molar-refractivity contribution in [2.24, 2.45) is 5.73 Å². The van der Waals surface area contributed by atoms with Crippen molar-refractivity contribution in [2.75, 3.05) is 13.7 Å². The highest BCUT2D eigenvalue weighted by atomic mass is 19.3. The maximum Gasteiger partial charge on any atom is 0.387 e. The number of halogens is 2. The molecule has 0 aliphatic heterocycles. The van der Waals surface area contributed by atoms with Crippen LogP contribution in [-0.2, 0) is 0 Å². The van der Waals surface area contributed by atoms with Gasteiger partial charge in [-0.3, -0.25) is 0 Å². The third-order valence-electron chi connectivity index (χ3n) is 2.03. The van der Waals surface area contributed by atoms with E-state index in [1.165, 1.54) is 19.2 Å². The quantitative estimate of drug-likeness (QED) is 0.804. The molecule has 0 amide bonds. The predicted octanol–water partition coefficient (Wildman–Crippen LogP) is 1.29. The van der Waals surface area contributed by atoms with E-state index >= 15 is 0 Å². The van der Waals surface area contributed by atoms with E-state index in [2.05, 4.69) is 4.74 Å². The number of aliphatic hydroxyl groups is 1. The summed E-state index contributed by atoms with van der Waals surface area (Å²) in [5, 5.41) is 8.84. The Balaban J connectivity index is 3.00. The number of aliphatic hydroxyl groups excluding tert-OH is 1. The van der Waals surface area contributed by atoms with Gasteiger partial charge in [0.05, 0.1) is 19.8 Å². The fraction of sp³-hybridized carbons (Fsp3) is 0.400. The molecule has 16 heavy (non-hydrogen) atoms.